The van der Waals surface area contributed by atoms with E-state index in [0.717, 1.165) is 29.3 Å². The number of sulfonamides is 1. The Labute approximate surface area is 145 Å². The smallest absolute Gasteiger partial charge is 0.323 e. The highest BCUT2D eigenvalue weighted by Crippen LogP contribution is 2.33. The highest BCUT2D eigenvalue weighted by molar-refractivity contribution is 7.92. The summed E-state index contributed by atoms with van der Waals surface area (Å²) in [4.78, 5) is 11.9. The molecule has 25 heavy (non-hydrogen) atoms. The third-order valence-corrected chi connectivity index (χ3v) is 3.61. The van der Waals surface area contributed by atoms with Crippen molar-refractivity contribution in [3.63, 3.8) is 0 Å². The molecule has 0 unspecified atom stereocenters. The largest absolute Gasteiger partial charge is 0.416 e. The van der Waals surface area contributed by atoms with Gasteiger partial charge in [-0.2, -0.15) is 13.2 Å². The molecule has 2 N–H and O–H groups in total. The molecule has 13 heteroatoms. The average molecular weight is 398 g/mol. The third-order valence-electron chi connectivity index (χ3n) is 2.70. The summed E-state index contributed by atoms with van der Waals surface area (Å²) >= 11 is 5.78. The monoisotopic (exact) mass is 397 g/mol. The van der Waals surface area contributed by atoms with Crippen LogP contribution >= 0.6 is 11.6 Å². The lowest BCUT2D eigenvalue weighted by Crippen LogP contribution is -2.20. The Bertz CT molecular complexity index is 898. The van der Waals surface area contributed by atoms with Gasteiger partial charge in [0.25, 0.3) is 0 Å². The molecule has 2 rings (SSSR count). The van der Waals surface area contributed by atoms with Gasteiger partial charge in [0.15, 0.2) is 5.82 Å². The maximum Gasteiger partial charge on any atom is 0.416 e. The first kappa shape index (κ1) is 19.0. The Morgan fingerprint density at radius 1 is 1.36 bits per heavy atom. The van der Waals surface area contributed by atoms with Crippen molar-refractivity contribution < 1.29 is 26.4 Å². The van der Waals surface area contributed by atoms with Gasteiger partial charge in [0.05, 0.1) is 28.7 Å². The summed E-state index contributed by atoms with van der Waals surface area (Å²) < 4.78 is 63.2. The zero-order valence-electron chi connectivity index (χ0n) is 12.5. The predicted molar refractivity (Wildman–Crippen MR) is 83.6 cm³/mol. The van der Waals surface area contributed by atoms with Gasteiger partial charge in [-0.25, -0.2) is 13.1 Å². The summed E-state index contributed by atoms with van der Waals surface area (Å²) in [7, 11) is -3.56. The zero-order valence-corrected chi connectivity index (χ0v) is 14.1. The number of benzene rings is 1. The molecule has 0 aliphatic rings. The van der Waals surface area contributed by atoms with E-state index in [1.165, 1.54) is 0 Å². The van der Waals surface area contributed by atoms with E-state index >= 15 is 0 Å². The van der Waals surface area contributed by atoms with Crippen molar-refractivity contribution in [1.82, 2.24) is 15.0 Å². The summed E-state index contributed by atoms with van der Waals surface area (Å²) in [6.07, 6.45) is -2.52. The molecule has 2 aromatic rings. The number of carbonyl (C=O) groups is 1. The van der Waals surface area contributed by atoms with Gasteiger partial charge in [-0.15, -0.1) is 5.10 Å². The number of nitrogens with one attached hydrogen (secondary N) is 2. The van der Waals surface area contributed by atoms with E-state index < -0.39 is 34.2 Å². The van der Waals surface area contributed by atoms with Crippen LogP contribution in [0.3, 0.4) is 0 Å². The van der Waals surface area contributed by atoms with E-state index in [-0.39, 0.29) is 16.5 Å². The number of amides is 1. The zero-order chi connectivity index (χ0) is 18.8. The summed E-state index contributed by atoms with van der Waals surface area (Å²) in [6, 6.07) is 2.51. The third kappa shape index (κ3) is 5.60. The van der Waals surface area contributed by atoms with Gasteiger partial charge in [-0.1, -0.05) is 16.8 Å². The summed E-state index contributed by atoms with van der Waals surface area (Å²) in [5.41, 5.74) is -1.18. The Kier molecular flexibility index (Phi) is 5.23. The van der Waals surface area contributed by atoms with E-state index in [9.17, 15) is 26.4 Å². The molecule has 0 aliphatic heterocycles. The van der Waals surface area contributed by atoms with Gasteiger partial charge in [0, 0.05) is 0 Å². The van der Waals surface area contributed by atoms with Crippen LogP contribution in [0.4, 0.5) is 24.7 Å². The number of carbonyl (C=O) groups excluding carboxylic acids is 1. The molecule has 0 saturated carbocycles. The number of aromatic nitrogens is 3. The van der Waals surface area contributed by atoms with Gasteiger partial charge < -0.3 is 5.32 Å². The van der Waals surface area contributed by atoms with Gasteiger partial charge in [0.2, 0.25) is 15.9 Å². The fourth-order valence-corrected chi connectivity index (χ4v) is 2.38. The summed E-state index contributed by atoms with van der Waals surface area (Å²) in [5.74, 6) is -0.829. The minimum Gasteiger partial charge on any atom is -0.323 e. The van der Waals surface area contributed by atoms with Crippen molar-refractivity contribution >= 4 is 39.0 Å². The van der Waals surface area contributed by atoms with Crippen molar-refractivity contribution in [3.05, 3.63) is 35.0 Å². The quantitative estimate of drug-likeness (QED) is 0.802. The fourth-order valence-electron chi connectivity index (χ4n) is 1.75. The first-order valence-electron chi connectivity index (χ1n) is 6.48. The van der Waals surface area contributed by atoms with Gasteiger partial charge in [-0.3, -0.25) is 9.52 Å². The minimum atomic E-state index is -4.58. The van der Waals surface area contributed by atoms with E-state index in [0.29, 0.717) is 6.07 Å². The molecule has 0 radical (unpaired) electrons. The van der Waals surface area contributed by atoms with Gasteiger partial charge in [-0.05, 0) is 18.2 Å². The Morgan fingerprint density at radius 3 is 2.64 bits per heavy atom. The number of alkyl halides is 3. The Hall–Kier alpha value is -2.34. The molecule has 0 saturated heterocycles. The number of rotatable bonds is 5. The number of halogens is 4. The van der Waals surface area contributed by atoms with Crippen molar-refractivity contribution in [1.29, 1.82) is 0 Å². The van der Waals surface area contributed by atoms with Gasteiger partial charge in [0.1, 0.15) is 6.54 Å². The number of hydrogen-bond acceptors (Lipinski definition) is 5. The lowest BCUT2D eigenvalue weighted by atomic mass is 10.2. The Morgan fingerprint density at radius 2 is 2.04 bits per heavy atom. The van der Waals surface area contributed by atoms with E-state index in [1.54, 1.807) is 0 Å². The highest BCUT2D eigenvalue weighted by atomic mass is 35.5. The summed E-state index contributed by atoms with van der Waals surface area (Å²) in [6.45, 7) is -0.412. The topological polar surface area (TPSA) is 106 Å². The molecular formula is C12H11ClF3N5O3S. The predicted octanol–water partition coefficient (Wildman–Crippen LogP) is 1.96. The first-order valence-corrected chi connectivity index (χ1v) is 8.75. The second-order valence-electron chi connectivity index (χ2n) is 4.92. The highest BCUT2D eigenvalue weighted by Gasteiger charge is 2.31. The number of nitrogens with zero attached hydrogens (tertiary/aromatic N) is 3. The van der Waals surface area contributed by atoms with Crippen LogP contribution in [0.5, 0.6) is 0 Å². The Balaban J connectivity index is 2.08. The van der Waals surface area contributed by atoms with Crippen molar-refractivity contribution in [2.24, 2.45) is 0 Å². The molecular weight excluding hydrogens is 387 g/mol. The van der Waals surface area contributed by atoms with Crippen LogP contribution in [0, 0.1) is 0 Å². The number of anilines is 2. The van der Waals surface area contributed by atoms with Crippen LogP contribution in [0.2, 0.25) is 5.02 Å². The first-order chi connectivity index (χ1) is 11.4. The maximum atomic E-state index is 12.7. The fraction of sp³-hybridized carbons (Fsp3) is 0.250. The van der Waals surface area contributed by atoms with Crippen LogP contribution in [0.15, 0.2) is 24.4 Å². The average Bonchev–Trinajstić information content (AvgIpc) is 2.84. The molecule has 1 aromatic heterocycles. The standard InChI is InChI=1S/C12H11ClF3N5O3S/c1-25(23,24)19-10-5-21(20-18-10)6-11(22)17-9-4-7(12(14,15)16)2-3-8(9)13/h2-5,19H,6H2,1H3,(H,17,22). The molecule has 0 spiro atoms. The normalized spacial score (nSPS) is 12.0. The van der Waals surface area contributed by atoms with E-state index in [4.69, 9.17) is 11.6 Å². The van der Waals surface area contributed by atoms with Crippen LogP contribution in [-0.2, 0) is 27.5 Å². The molecule has 0 fully saturated rings. The van der Waals surface area contributed by atoms with Crippen molar-refractivity contribution in [3.8, 4) is 0 Å². The van der Waals surface area contributed by atoms with Crippen LogP contribution in [0.25, 0.3) is 0 Å². The van der Waals surface area contributed by atoms with Crippen LogP contribution < -0.4 is 10.0 Å². The minimum absolute atomic E-state index is 0.0700. The second-order valence-corrected chi connectivity index (χ2v) is 7.07. The molecule has 1 aromatic carbocycles. The molecule has 1 amide bonds. The molecule has 0 atom stereocenters. The van der Waals surface area contributed by atoms with Crippen LogP contribution in [-0.4, -0.2) is 35.6 Å². The maximum absolute atomic E-state index is 12.7. The lowest BCUT2D eigenvalue weighted by Gasteiger charge is -2.11. The summed E-state index contributed by atoms with van der Waals surface area (Å²) in [5, 5.41) is 9.18. The second kappa shape index (κ2) is 6.88. The van der Waals surface area contributed by atoms with Crippen molar-refractivity contribution in [2.75, 3.05) is 16.3 Å². The molecule has 0 aliphatic carbocycles. The van der Waals surface area contributed by atoms with E-state index in [2.05, 4.69) is 20.4 Å². The van der Waals surface area contributed by atoms with Gasteiger partial charge >= 0.3 is 6.18 Å². The SMILES string of the molecule is CS(=O)(=O)Nc1cn(CC(=O)Nc2cc(C(F)(F)F)ccc2Cl)nn1. The van der Waals surface area contributed by atoms with Crippen molar-refractivity contribution in [2.45, 2.75) is 12.7 Å². The van der Waals surface area contributed by atoms with E-state index in [1.807, 2.05) is 0 Å². The molecule has 1 heterocycles. The lowest BCUT2D eigenvalue weighted by molar-refractivity contribution is -0.137. The molecule has 0 bridgehead atoms. The molecule has 136 valence electrons. The number of hydrogen-bond donors (Lipinski definition) is 2. The molecule has 8 nitrogen and oxygen atoms in total. The van der Waals surface area contributed by atoms with Crippen LogP contribution in [0.1, 0.15) is 5.56 Å².